The SMILES string of the molecule is COc1cccc(/C=N\NC(=O)c2nnn(-c3nonc3N)c2-c2ccc3c(c2)OCO3)c1OC. The zero-order valence-electron chi connectivity index (χ0n) is 18.5. The number of carbonyl (C=O) groups excluding carboxylic acids is 1. The lowest BCUT2D eigenvalue weighted by Gasteiger charge is -2.09. The molecule has 2 aromatic heterocycles. The van der Waals surface area contributed by atoms with Crippen molar-refractivity contribution in [1.29, 1.82) is 0 Å². The van der Waals surface area contributed by atoms with Crippen LogP contribution in [0.4, 0.5) is 5.82 Å². The Morgan fingerprint density at radius 3 is 2.80 bits per heavy atom. The van der Waals surface area contributed by atoms with Crippen molar-refractivity contribution in [3.63, 3.8) is 0 Å². The molecule has 0 unspecified atom stereocenters. The van der Waals surface area contributed by atoms with Crippen molar-refractivity contribution in [2.45, 2.75) is 0 Å². The molecular formula is C21H18N8O6. The topological polar surface area (TPSA) is 174 Å². The number of nitrogens with one attached hydrogen (secondary N) is 1. The van der Waals surface area contributed by atoms with Crippen LogP contribution in [0, 0.1) is 0 Å². The van der Waals surface area contributed by atoms with Crippen LogP contribution in [0.25, 0.3) is 17.1 Å². The number of ether oxygens (including phenoxy) is 4. The van der Waals surface area contributed by atoms with Crippen LogP contribution in [-0.2, 0) is 0 Å². The van der Waals surface area contributed by atoms with Gasteiger partial charge in [-0.2, -0.15) is 9.78 Å². The van der Waals surface area contributed by atoms with E-state index in [0.717, 1.165) is 0 Å². The van der Waals surface area contributed by atoms with E-state index >= 15 is 0 Å². The van der Waals surface area contributed by atoms with Crippen LogP contribution < -0.4 is 30.1 Å². The molecule has 0 fully saturated rings. The molecule has 0 aliphatic carbocycles. The standard InChI is InChI=1S/C21H18N8O6/c1-31-14-5-3-4-12(18(14)32-2)9-23-25-21(30)16-17(11-6-7-13-15(8-11)34-10-33-13)29(28-24-16)20-19(22)26-35-27-20/h3-9H,10H2,1-2H3,(H2,22,26)(H,25,30)/b23-9-. The van der Waals surface area contributed by atoms with Gasteiger partial charge in [-0.15, -0.1) is 5.10 Å². The Labute approximate surface area is 197 Å². The summed E-state index contributed by atoms with van der Waals surface area (Å²) >= 11 is 0. The fourth-order valence-corrected chi connectivity index (χ4v) is 3.45. The molecule has 0 saturated heterocycles. The molecule has 0 spiro atoms. The van der Waals surface area contributed by atoms with Gasteiger partial charge in [0.05, 0.1) is 20.4 Å². The van der Waals surface area contributed by atoms with Crippen molar-refractivity contribution >= 4 is 17.9 Å². The normalized spacial score (nSPS) is 12.2. The minimum absolute atomic E-state index is 0.0352. The van der Waals surface area contributed by atoms with Gasteiger partial charge in [0.1, 0.15) is 5.69 Å². The Morgan fingerprint density at radius 2 is 2.03 bits per heavy atom. The third-order valence-electron chi connectivity index (χ3n) is 5.03. The summed E-state index contributed by atoms with van der Waals surface area (Å²) in [4.78, 5) is 13.1. The summed E-state index contributed by atoms with van der Waals surface area (Å²) in [5, 5.41) is 19.4. The number of rotatable bonds is 7. The van der Waals surface area contributed by atoms with Gasteiger partial charge in [0.2, 0.25) is 18.4 Å². The van der Waals surface area contributed by atoms with E-state index in [4.69, 9.17) is 24.7 Å². The van der Waals surface area contributed by atoms with E-state index in [1.165, 1.54) is 25.1 Å². The number of nitrogens with zero attached hydrogens (tertiary/aromatic N) is 6. The van der Waals surface area contributed by atoms with Gasteiger partial charge < -0.3 is 24.7 Å². The van der Waals surface area contributed by atoms with Gasteiger partial charge in [0.15, 0.2) is 28.7 Å². The highest BCUT2D eigenvalue weighted by Gasteiger charge is 2.26. The summed E-state index contributed by atoms with van der Waals surface area (Å²) in [5.74, 6) is 1.44. The number of carbonyl (C=O) groups is 1. The fraction of sp³-hybridized carbons (Fsp3) is 0.143. The second-order valence-electron chi connectivity index (χ2n) is 7.02. The Kier molecular flexibility index (Phi) is 5.58. The van der Waals surface area contributed by atoms with Crippen LogP contribution in [0.1, 0.15) is 16.1 Å². The summed E-state index contributed by atoms with van der Waals surface area (Å²) in [6, 6.07) is 10.4. The van der Waals surface area contributed by atoms with Crippen molar-refractivity contribution in [2.75, 3.05) is 26.7 Å². The quantitative estimate of drug-likeness (QED) is 0.290. The highest BCUT2D eigenvalue weighted by molar-refractivity contribution is 5.99. The molecule has 5 rings (SSSR count). The van der Waals surface area contributed by atoms with Crippen LogP contribution in [0.15, 0.2) is 46.1 Å². The molecule has 0 radical (unpaired) electrons. The van der Waals surface area contributed by atoms with Gasteiger partial charge in [0, 0.05) is 11.1 Å². The summed E-state index contributed by atoms with van der Waals surface area (Å²) in [5.41, 5.74) is 9.62. The van der Waals surface area contributed by atoms with Gasteiger partial charge in [-0.1, -0.05) is 11.3 Å². The minimum Gasteiger partial charge on any atom is -0.493 e. The number of benzene rings is 2. The zero-order valence-corrected chi connectivity index (χ0v) is 18.5. The first-order valence-corrected chi connectivity index (χ1v) is 10.1. The smallest absolute Gasteiger partial charge is 0.294 e. The number of fused-ring (bicyclic) bond motifs is 1. The molecule has 2 aromatic carbocycles. The summed E-state index contributed by atoms with van der Waals surface area (Å²) in [6.45, 7) is 0.0895. The predicted octanol–water partition coefficient (Wildman–Crippen LogP) is 1.41. The molecule has 35 heavy (non-hydrogen) atoms. The first kappa shape index (κ1) is 21.7. The number of aromatic nitrogens is 5. The maximum absolute atomic E-state index is 13.1. The highest BCUT2D eigenvalue weighted by Crippen LogP contribution is 2.37. The van der Waals surface area contributed by atoms with Crippen LogP contribution in [-0.4, -0.2) is 58.4 Å². The molecule has 14 heteroatoms. The number of nitrogen functional groups attached to an aromatic ring is 1. The molecular weight excluding hydrogens is 460 g/mol. The van der Waals surface area contributed by atoms with Gasteiger partial charge in [-0.25, -0.2) is 10.1 Å². The molecule has 3 N–H and O–H groups in total. The Balaban J connectivity index is 1.49. The maximum Gasteiger partial charge on any atom is 0.294 e. The van der Waals surface area contributed by atoms with Gasteiger partial charge in [-0.05, 0) is 40.6 Å². The van der Waals surface area contributed by atoms with Gasteiger partial charge >= 0.3 is 0 Å². The van der Waals surface area contributed by atoms with Gasteiger partial charge in [0.25, 0.3) is 5.91 Å². The van der Waals surface area contributed by atoms with Crippen molar-refractivity contribution in [3.05, 3.63) is 47.7 Å². The van der Waals surface area contributed by atoms with Crippen molar-refractivity contribution < 1.29 is 28.4 Å². The third-order valence-corrected chi connectivity index (χ3v) is 5.03. The third kappa shape index (κ3) is 3.92. The average Bonchev–Trinajstić information content (AvgIpc) is 3.62. The number of methoxy groups -OCH3 is 2. The molecule has 3 heterocycles. The van der Waals surface area contributed by atoms with E-state index in [0.29, 0.717) is 34.1 Å². The molecule has 4 aromatic rings. The maximum atomic E-state index is 13.1. The second-order valence-corrected chi connectivity index (χ2v) is 7.02. The van der Waals surface area contributed by atoms with E-state index in [9.17, 15) is 4.79 Å². The van der Waals surface area contributed by atoms with Crippen LogP contribution in [0.2, 0.25) is 0 Å². The van der Waals surface area contributed by atoms with Crippen molar-refractivity contribution in [2.24, 2.45) is 5.10 Å². The Morgan fingerprint density at radius 1 is 1.17 bits per heavy atom. The first-order valence-electron chi connectivity index (χ1n) is 10.1. The van der Waals surface area contributed by atoms with E-state index in [-0.39, 0.29) is 29.8 Å². The number of hydrogen-bond acceptors (Lipinski definition) is 12. The lowest BCUT2D eigenvalue weighted by Crippen LogP contribution is -2.19. The monoisotopic (exact) mass is 478 g/mol. The lowest BCUT2D eigenvalue weighted by atomic mass is 10.1. The predicted molar refractivity (Wildman–Crippen MR) is 120 cm³/mol. The van der Waals surface area contributed by atoms with Gasteiger partial charge in [-0.3, -0.25) is 4.79 Å². The number of nitrogens with two attached hydrogens (primary N) is 1. The second kappa shape index (κ2) is 9.01. The Bertz CT molecular complexity index is 1430. The number of anilines is 1. The summed E-state index contributed by atoms with van der Waals surface area (Å²) in [7, 11) is 3.03. The number of hydrazone groups is 1. The number of amides is 1. The van der Waals surface area contributed by atoms with Crippen molar-refractivity contribution in [1.82, 2.24) is 30.7 Å². The number of para-hydroxylation sites is 1. The molecule has 0 bridgehead atoms. The van der Waals surface area contributed by atoms with E-state index < -0.39 is 5.91 Å². The summed E-state index contributed by atoms with van der Waals surface area (Å²) < 4.78 is 27.4. The molecule has 0 saturated carbocycles. The molecule has 1 aliphatic rings. The molecule has 1 amide bonds. The molecule has 14 nitrogen and oxygen atoms in total. The summed E-state index contributed by atoms with van der Waals surface area (Å²) in [6.07, 6.45) is 1.42. The highest BCUT2D eigenvalue weighted by atomic mass is 16.7. The molecule has 178 valence electrons. The largest absolute Gasteiger partial charge is 0.493 e. The Hall–Kier alpha value is -5.14. The van der Waals surface area contributed by atoms with Crippen LogP contribution in [0.3, 0.4) is 0 Å². The fourth-order valence-electron chi connectivity index (χ4n) is 3.45. The average molecular weight is 478 g/mol. The van der Waals surface area contributed by atoms with Crippen molar-refractivity contribution in [3.8, 4) is 40.1 Å². The van der Waals surface area contributed by atoms with Crippen LogP contribution >= 0.6 is 0 Å². The number of hydrogen-bond donors (Lipinski definition) is 2. The zero-order chi connectivity index (χ0) is 24.4. The minimum atomic E-state index is -0.642. The van der Waals surface area contributed by atoms with Crippen LogP contribution in [0.5, 0.6) is 23.0 Å². The van der Waals surface area contributed by atoms with E-state index in [1.807, 2.05) is 0 Å². The molecule has 1 aliphatic heterocycles. The molecule has 0 atom stereocenters. The van der Waals surface area contributed by atoms with E-state index in [1.54, 1.807) is 36.4 Å². The first-order chi connectivity index (χ1) is 17.1. The van der Waals surface area contributed by atoms with E-state index in [2.05, 4.69) is 35.8 Å². The lowest BCUT2D eigenvalue weighted by molar-refractivity contribution is 0.0950.